The van der Waals surface area contributed by atoms with Crippen molar-refractivity contribution in [1.29, 1.82) is 0 Å². The van der Waals surface area contributed by atoms with Crippen LogP contribution in [0.15, 0.2) is 12.1 Å². The third-order valence-electron chi connectivity index (χ3n) is 1.88. The van der Waals surface area contributed by atoms with Crippen molar-refractivity contribution in [3.63, 3.8) is 0 Å². The van der Waals surface area contributed by atoms with Gasteiger partial charge in [-0.15, -0.1) is 11.3 Å². The Balaban J connectivity index is 2.40. The Morgan fingerprint density at radius 1 is 1.50 bits per heavy atom. The van der Waals surface area contributed by atoms with Gasteiger partial charge in [0.05, 0.1) is 10.9 Å². The summed E-state index contributed by atoms with van der Waals surface area (Å²) in [5.41, 5.74) is 0.00517. The largest absolute Gasteiger partial charge is 0.383 e. The summed E-state index contributed by atoms with van der Waals surface area (Å²) in [7, 11) is 1.71. The molecule has 1 rings (SSSR count). The van der Waals surface area contributed by atoms with Crippen molar-refractivity contribution in [2.45, 2.75) is 25.9 Å². The molecule has 0 aliphatic heterocycles. The fourth-order valence-electron chi connectivity index (χ4n) is 1.19. The zero-order chi connectivity index (χ0) is 10.6. The quantitative estimate of drug-likeness (QED) is 0.845. The first-order valence-electron chi connectivity index (χ1n) is 4.52. The number of hydrogen-bond acceptors (Lipinski definition) is 3. The Morgan fingerprint density at radius 2 is 2.21 bits per heavy atom. The molecule has 2 nitrogen and oxygen atoms in total. The molecule has 80 valence electrons. The number of halogens is 1. The average molecular weight is 234 g/mol. The minimum Gasteiger partial charge on any atom is -0.383 e. The van der Waals surface area contributed by atoms with Gasteiger partial charge in [0.15, 0.2) is 0 Å². The van der Waals surface area contributed by atoms with Crippen LogP contribution in [0.3, 0.4) is 0 Å². The van der Waals surface area contributed by atoms with Crippen molar-refractivity contribution in [2.24, 2.45) is 0 Å². The van der Waals surface area contributed by atoms with E-state index >= 15 is 0 Å². The summed E-state index contributed by atoms with van der Waals surface area (Å²) in [6.07, 6.45) is 0. The monoisotopic (exact) mass is 233 g/mol. The van der Waals surface area contributed by atoms with Crippen LogP contribution in [0.4, 0.5) is 0 Å². The van der Waals surface area contributed by atoms with Crippen LogP contribution in [0.5, 0.6) is 0 Å². The maximum Gasteiger partial charge on any atom is 0.0931 e. The zero-order valence-corrected chi connectivity index (χ0v) is 10.3. The van der Waals surface area contributed by atoms with Gasteiger partial charge >= 0.3 is 0 Å². The smallest absolute Gasteiger partial charge is 0.0931 e. The summed E-state index contributed by atoms with van der Waals surface area (Å²) in [6, 6.07) is 3.97. The molecule has 0 aliphatic rings. The molecular formula is C10H16ClNOS. The molecule has 1 aromatic heterocycles. The summed E-state index contributed by atoms with van der Waals surface area (Å²) in [5, 5.41) is 3.42. The Kier molecular flexibility index (Phi) is 4.38. The second-order valence-electron chi connectivity index (χ2n) is 3.88. The standard InChI is InChI=1S/C10H16ClNOS/c1-10(2,7-13-3)12-6-8-4-5-9(11)14-8/h4-5,12H,6-7H2,1-3H3. The van der Waals surface area contributed by atoms with E-state index in [1.54, 1.807) is 18.4 Å². The molecule has 0 aliphatic carbocycles. The lowest BCUT2D eigenvalue weighted by Crippen LogP contribution is -2.42. The van der Waals surface area contributed by atoms with Gasteiger partial charge in [0, 0.05) is 24.1 Å². The van der Waals surface area contributed by atoms with E-state index < -0.39 is 0 Å². The molecule has 1 N–H and O–H groups in total. The molecule has 0 fully saturated rings. The number of rotatable bonds is 5. The summed E-state index contributed by atoms with van der Waals surface area (Å²) in [4.78, 5) is 1.25. The van der Waals surface area contributed by atoms with Crippen molar-refractivity contribution in [2.75, 3.05) is 13.7 Å². The summed E-state index contributed by atoms with van der Waals surface area (Å²) in [6.45, 7) is 5.78. The molecule has 0 amide bonds. The highest BCUT2D eigenvalue weighted by molar-refractivity contribution is 7.16. The van der Waals surface area contributed by atoms with Gasteiger partial charge in [0.1, 0.15) is 0 Å². The molecule has 0 saturated carbocycles. The first kappa shape index (κ1) is 12.0. The van der Waals surface area contributed by atoms with Crippen molar-refractivity contribution in [3.8, 4) is 0 Å². The highest BCUT2D eigenvalue weighted by Gasteiger charge is 2.16. The number of thiophene rings is 1. The highest BCUT2D eigenvalue weighted by atomic mass is 35.5. The molecule has 4 heteroatoms. The van der Waals surface area contributed by atoms with Crippen molar-refractivity contribution < 1.29 is 4.74 Å². The van der Waals surface area contributed by atoms with Gasteiger partial charge in [0.25, 0.3) is 0 Å². The average Bonchev–Trinajstić information content (AvgIpc) is 2.48. The van der Waals surface area contributed by atoms with E-state index in [0.717, 1.165) is 10.9 Å². The Morgan fingerprint density at radius 3 is 2.71 bits per heavy atom. The molecule has 14 heavy (non-hydrogen) atoms. The summed E-state index contributed by atoms with van der Waals surface area (Å²) in [5.74, 6) is 0. The SMILES string of the molecule is COCC(C)(C)NCc1ccc(Cl)s1. The van der Waals surface area contributed by atoms with E-state index in [4.69, 9.17) is 16.3 Å². The maximum atomic E-state index is 5.84. The first-order valence-corrected chi connectivity index (χ1v) is 5.71. The minimum absolute atomic E-state index is 0.00517. The van der Waals surface area contributed by atoms with Gasteiger partial charge < -0.3 is 10.1 Å². The predicted octanol–water partition coefficient (Wildman–Crippen LogP) is 2.92. The molecule has 1 aromatic rings. The van der Waals surface area contributed by atoms with E-state index in [0.29, 0.717) is 6.61 Å². The van der Waals surface area contributed by atoms with E-state index in [9.17, 15) is 0 Å². The van der Waals surface area contributed by atoms with Crippen LogP contribution in [0, 0.1) is 0 Å². The topological polar surface area (TPSA) is 21.3 Å². The van der Waals surface area contributed by atoms with E-state index in [1.807, 2.05) is 12.1 Å². The second kappa shape index (κ2) is 5.12. The van der Waals surface area contributed by atoms with Crippen molar-refractivity contribution >= 4 is 22.9 Å². The van der Waals surface area contributed by atoms with Crippen LogP contribution in [-0.4, -0.2) is 19.3 Å². The van der Waals surface area contributed by atoms with Gasteiger partial charge in [0.2, 0.25) is 0 Å². The first-order chi connectivity index (χ1) is 6.53. The Bertz CT molecular complexity index is 285. The van der Waals surface area contributed by atoms with E-state index in [1.165, 1.54) is 4.88 Å². The molecule has 1 heterocycles. The Hall–Kier alpha value is -0.0900. The predicted molar refractivity (Wildman–Crippen MR) is 62.1 cm³/mol. The third-order valence-corrected chi connectivity index (χ3v) is 3.11. The number of ether oxygens (including phenoxy) is 1. The molecule has 0 radical (unpaired) electrons. The van der Waals surface area contributed by atoms with Crippen LogP contribution < -0.4 is 5.32 Å². The third kappa shape index (κ3) is 3.96. The minimum atomic E-state index is 0.00517. The van der Waals surface area contributed by atoms with Gasteiger partial charge in [-0.1, -0.05) is 11.6 Å². The van der Waals surface area contributed by atoms with Gasteiger partial charge in [-0.3, -0.25) is 0 Å². The van der Waals surface area contributed by atoms with Crippen LogP contribution in [0.2, 0.25) is 4.34 Å². The van der Waals surface area contributed by atoms with Gasteiger partial charge in [-0.2, -0.15) is 0 Å². The fraction of sp³-hybridized carbons (Fsp3) is 0.600. The second-order valence-corrected chi connectivity index (χ2v) is 5.68. The number of methoxy groups -OCH3 is 1. The van der Waals surface area contributed by atoms with Crippen LogP contribution in [-0.2, 0) is 11.3 Å². The van der Waals surface area contributed by atoms with Crippen molar-refractivity contribution in [3.05, 3.63) is 21.3 Å². The van der Waals surface area contributed by atoms with Crippen LogP contribution in [0.25, 0.3) is 0 Å². The summed E-state index contributed by atoms with van der Waals surface area (Å²) >= 11 is 7.45. The molecule has 0 unspecified atom stereocenters. The molecule has 0 aromatic carbocycles. The maximum absolute atomic E-state index is 5.84. The lowest BCUT2D eigenvalue weighted by atomic mass is 10.1. The molecule has 0 spiro atoms. The summed E-state index contributed by atoms with van der Waals surface area (Å²) < 4.78 is 5.95. The van der Waals surface area contributed by atoms with Gasteiger partial charge in [-0.25, -0.2) is 0 Å². The van der Waals surface area contributed by atoms with Crippen LogP contribution >= 0.6 is 22.9 Å². The zero-order valence-electron chi connectivity index (χ0n) is 8.76. The molecule has 0 saturated heterocycles. The molecule has 0 atom stereocenters. The van der Waals surface area contributed by atoms with Gasteiger partial charge in [-0.05, 0) is 26.0 Å². The highest BCUT2D eigenvalue weighted by Crippen LogP contribution is 2.21. The molecular weight excluding hydrogens is 218 g/mol. The number of hydrogen-bond donors (Lipinski definition) is 1. The van der Waals surface area contributed by atoms with E-state index in [2.05, 4.69) is 19.2 Å². The van der Waals surface area contributed by atoms with Crippen molar-refractivity contribution in [1.82, 2.24) is 5.32 Å². The Labute approximate surface area is 94.2 Å². The normalized spacial score (nSPS) is 12.0. The van der Waals surface area contributed by atoms with Crippen LogP contribution in [0.1, 0.15) is 18.7 Å². The molecule has 0 bridgehead atoms. The fourth-order valence-corrected chi connectivity index (χ4v) is 2.21. The van der Waals surface area contributed by atoms with E-state index in [-0.39, 0.29) is 5.54 Å². The lowest BCUT2D eigenvalue weighted by Gasteiger charge is -2.24. The number of nitrogens with one attached hydrogen (secondary N) is 1. The lowest BCUT2D eigenvalue weighted by molar-refractivity contribution is 0.128.